The highest BCUT2D eigenvalue weighted by Gasteiger charge is 2.28. The van der Waals surface area contributed by atoms with E-state index in [0.717, 1.165) is 38.8 Å². The fourth-order valence-electron chi connectivity index (χ4n) is 3.21. The zero-order valence-electron chi connectivity index (χ0n) is 13.2. The molecule has 0 unspecified atom stereocenters. The summed E-state index contributed by atoms with van der Waals surface area (Å²) in [5.74, 6) is 0.137. The van der Waals surface area contributed by atoms with Crippen molar-refractivity contribution in [1.82, 2.24) is 10.2 Å². The van der Waals surface area contributed by atoms with Crippen LogP contribution in [-0.4, -0.2) is 29.9 Å². The maximum absolute atomic E-state index is 13.9. The maximum Gasteiger partial charge on any atom is 0.223 e. The molecule has 122 valence electrons. The number of nitriles is 1. The lowest BCUT2D eigenvalue weighted by molar-refractivity contribution is -0.128. The molecule has 1 amide bonds. The molecule has 1 saturated carbocycles. The van der Waals surface area contributed by atoms with E-state index in [2.05, 4.69) is 10.2 Å². The van der Waals surface area contributed by atoms with E-state index < -0.39 is 0 Å². The summed E-state index contributed by atoms with van der Waals surface area (Å²) in [6.07, 6.45) is 5.06. The topological polar surface area (TPSA) is 56.1 Å². The predicted octanol–water partition coefficient (Wildman–Crippen LogP) is 2.58. The van der Waals surface area contributed by atoms with Gasteiger partial charge in [-0.3, -0.25) is 9.69 Å². The molecule has 2 fully saturated rings. The highest BCUT2D eigenvalue weighted by atomic mass is 19.1. The summed E-state index contributed by atoms with van der Waals surface area (Å²) in [7, 11) is 0. The van der Waals surface area contributed by atoms with E-state index in [1.165, 1.54) is 12.5 Å². The molecule has 0 aromatic heterocycles. The Morgan fingerprint density at radius 3 is 2.61 bits per heavy atom. The van der Waals surface area contributed by atoms with E-state index in [0.29, 0.717) is 17.7 Å². The quantitative estimate of drug-likeness (QED) is 0.929. The van der Waals surface area contributed by atoms with E-state index in [1.807, 2.05) is 6.07 Å². The molecule has 1 aliphatic carbocycles. The van der Waals surface area contributed by atoms with Gasteiger partial charge in [-0.15, -0.1) is 0 Å². The number of carbonyl (C=O) groups is 1. The summed E-state index contributed by atoms with van der Waals surface area (Å²) in [6, 6.07) is 6.84. The van der Waals surface area contributed by atoms with Crippen molar-refractivity contribution in [3.63, 3.8) is 0 Å². The first-order valence-electron chi connectivity index (χ1n) is 8.37. The van der Waals surface area contributed by atoms with Gasteiger partial charge in [0.2, 0.25) is 5.91 Å². The Morgan fingerprint density at radius 1 is 1.30 bits per heavy atom. The van der Waals surface area contributed by atoms with Gasteiger partial charge in [-0.05, 0) is 37.8 Å². The van der Waals surface area contributed by atoms with Crippen LogP contribution in [0.5, 0.6) is 0 Å². The first-order chi connectivity index (χ1) is 11.2. The average molecular weight is 315 g/mol. The Balaban J connectivity index is 1.47. The van der Waals surface area contributed by atoms with E-state index >= 15 is 0 Å². The average Bonchev–Trinajstić information content (AvgIpc) is 2.49. The summed E-state index contributed by atoms with van der Waals surface area (Å²) in [5, 5.41) is 11.9. The number of hydrogen-bond donors (Lipinski definition) is 1. The number of carbonyl (C=O) groups excluding carboxylic acids is 1. The number of benzene rings is 1. The number of amides is 1. The number of hydrogen-bond acceptors (Lipinski definition) is 3. The van der Waals surface area contributed by atoms with Crippen molar-refractivity contribution in [3.05, 3.63) is 35.1 Å². The third-order valence-electron chi connectivity index (χ3n) is 4.99. The fourth-order valence-corrected chi connectivity index (χ4v) is 3.21. The van der Waals surface area contributed by atoms with Crippen LogP contribution in [0.25, 0.3) is 0 Å². The molecular formula is C18H22FN3O. The second kappa shape index (κ2) is 7.10. The normalized spacial score (nSPS) is 19.8. The van der Waals surface area contributed by atoms with Gasteiger partial charge in [0.1, 0.15) is 5.82 Å². The van der Waals surface area contributed by atoms with Gasteiger partial charge < -0.3 is 5.32 Å². The van der Waals surface area contributed by atoms with Crippen LogP contribution in [0.4, 0.5) is 4.39 Å². The minimum Gasteiger partial charge on any atom is -0.353 e. The molecule has 1 N–H and O–H groups in total. The molecule has 0 atom stereocenters. The van der Waals surface area contributed by atoms with Crippen LogP contribution >= 0.6 is 0 Å². The summed E-state index contributed by atoms with van der Waals surface area (Å²) in [6.45, 7) is 2.27. The number of rotatable bonds is 4. The van der Waals surface area contributed by atoms with Crippen LogP contribution in [0.2, 0.25) is 0 Å². The highest BCUT2D eigenvalue weighted by Crippen LogP contribution is 2.27. The molecule has 5 heteroatoms. The maximum atomic E-state index is 13.9. The zero-order valence-corrected chi connectivity index (χ0v) is 13.2. The third kappa shape index (κ3) is 3.89. The Bertz CT molecular complexity index is 613. The Labute approximate surface area is 136 Å². The molecule has 1 heterocycles. The molecule has 0 bridgehead atoms. The number of halogens is 1. The largest absolute Gasteiger partial charge is 0.353 e. The number of nitrogens with one attached hydrogen (secondary N) is 1. The van der Waals surface area contributed by atoms with E-state index in [-0.39, 0.29) is 23.7 Å². The summed E-state index contributed by atoms with van der Waals surface area (Å²) in [4.78, 5) is 14.2. The monoisotopic (exact) mass is 315 g/mol. The van der Waals surface area contributed by atoms with Gasteiger partial charge in [0, 0.05) is 37.2 Å². The Hall–Kier alpha value is -1.93. The predicted molar refractivity (Wildman–Crippen MR) is 84.9 cm³/mol. The summed E-state index contributed by atoms with van der Waals surface area (Å²) < 4.78 is 13.9. The number of nitrogens with zero attached hydrogens (tertiary/aromatic N) is 2. The molecule has 1 saturated heterocycles. The lowest BCUT2D eigenvalue weighted by Gasteiger charge is -2.34. The molecule has 2 aliphatic rings. The number of likely N-dealkylation sites (tertiary alicyclic amines) is 1. The minimum absolute atomic E-state index is 0.216. The van der Waals surface area contributed by atoms with Crippen LogP contribution in [0.3, 0.4) is 0 Å². The molecule has 4 nitrogen and oxygen atoms in total. The first-order valence-corrected chi connectivity index (χ1v) is 8.37. The van der Waals surface area contributed by atoms with Crippen LogP contribution < -0.4 is 5.32 Å². The van der Waals surface area contributed by atoms with Crippen molar-refractivity contribution in [3.8, 4) is 6.07 Å². The van der Waals surface area contributed by atoms with E-state index in [9.17, 15) is 9.18 Å². The molecule has 1 aliphatic heterocycles. The van der Waals surface area contributed by atoms with Crippen molar-refractivity contribution in [2.75, 3.05) is 13.1 Å². The molecule has 1 aromatic carbocycles. The second-order valence-corrected chi connectivity index (χ2v) is 6.60. The molecule has 1 aromatic rings. The molecule has 0 radical (unpaired) electrons. The van der Waals surface area contributed by atoms with Crippen LogP contribution in [0.1, 0.15) is 43.2 Å². The van der Waals surface area contributed by atoms with Crippen molar-refractivity contribution in [2.45, 2.75) is 44.7 Å². The van der Waals surface area contributed by atoms with Gasteiger partial charge in [0.15, 0.2) is 0 Å². The molecule has 3 rings (SSSR count). The highest BCUT2D eigenvalue weighted by molar-refractivity contribution is 5.79. The van der Waals surface area contributed by atoms with Gasteiger partial charge in [0.05, 0.1) is 11.6 Å². The van der Waals surface area contributed by atoms with Crippen molar-refractivity contribution >= 4 is 5.91 Å². The zero-order chi connectivity index (χ0) is 16.2. The lowest BCUT2D eigenvalue weighted by atomic mass is 9.84. The Morgan fingerprint density at radius 2 is 2.04 bits per heavy atom. The third-order valence-corrected chi connectivity index (χ3v) is 4.99. The van der Waals surface area contributed by atoms with Gasteiger partial charge in [0.25, 0.3) is 0 Å². The van der Waals surface area contributed by atoms with Gasteiger partial charge in [-0.2, -0.15) is 5.26 Å². The fraction of sp³-hybridized carbons (Fsp3) is 0.556. The van der Waals surface area contributed by atoms with Crippen molar-refractivity contribution < 1.29 is 9.18 Å². The van der Waals surface area contributed by atoms with Crippen molar-refractivity contribution in [2.24, 2.45) is 5.92 Å². The van der Waals surface area contributed by atoms with E-state index in [1.54, 1.807) is 12.1 Å². The van der Waals surface area contributed by atoms with Gasteiger partial charge >= 0.3 is 0 Å². The lowest BCUT2D eigenvalue weighted by Crippen LogP contribution is -2.47. The van der Waals surface area contributed by atoms with Crippen LogP contribution in [0, 0.1) is 23.1 Å². The van der Waals surface area contributed by atoms with Crippen molar-refractivity contribution in [1.29, 1.82) is 5.26 Å². The van der Waals surface area contributed by atoms with Crippen LogP contribution in [0.15, 0.2) is 18.2 Å². The minimum atomic E-state index is -0.315. The summed E-state index contributed by atoms with van der Waals surface area (Å²) in [5.41, 5.74) is 0.976. The molecule has 23 heavy (non-hydrogen) atoms. The standard InChI is InChI=1S/C18H22FN3O/c19-17-10-13(11-20)4-5-15(17)12-22-8-6-16(7-9-22)21-18(23)14-2-1-3-14/h4-5,10,14,16H,1-3,6-9,12H2,(H,21,23). The smallest absolute Gasteiger partial charge is 0.223 e. The van der Waals surface area contributed by atoms with Gasteiger partial charge in [-0.1, -0.05) is 12.5 Å². The molecular weight excluding hydrogens is 293 g/mol. The molecule has 0 spiro atoms. The Kier molecular flexibility index (Phi) is 4.92. The first kappa shape index (κ1) is 15.9. The summed E-state index contributed by atoms with van der Waals surface area (Å²) >= 11 is 0. The van der Waals surface area contributed by atoms with Crippen LogP contribution in [-0.2, 0) is 11.3 Å². The van der Waals surface area contributed by atoms with Gasteiger partial charge in [-0.25, -0.2) is 4.39 Å². The van der Waals surface area contributed by atoms with E-state index in [4.69, 9.17) is 5.26 Å². The second-order valence-electron chi connectivity index (χ2n) is 6.60. The number of piperidine rings is 1. The SMILES string of the molecule is N#Cc1ccc(CN2CCC(NC(=O)C3CCC3)CC2)c(F)c1.